The van der Waals surface area contributed by atoms with Gasteiger partial charge in [0.15, 0.2) is 5.82 Å². The van der Waals surface area contributed by atoms with Gasteiger partial charge in [-0.2, -0.15) is 0 Å². The quantitative estimate of drug-likeness (QED) is 0.156. The van der Waals surface area contributed by atoms with E-state index < -0.39 is 12.5 Å². The zero-order valence-electron chi connectivity index (χ0n) is 28.0. The van der Waals surface area contributed by atoms with Crippen LogP contribution in [0.5, 0.6) is 0 Å². The first-order chi connectivity index (χ1) is 23.9. The van der Waals surface area contributed by atoms with Gasteiger partial charge in [0.05, 0.1) is 11.0 Å². The average molecular weight is 654 g/mol. The molecule has 1 unspecified atom stereocenters. The lowest BCUT2D eigenvalue weighted by molar-refractivity contribution is -0.137. The SMILES string of the molecule is CCC1CCC(C2CC=C(c3cnc(-c4ccc(CN(CC(=O)O)C(=O)c5ccc6nc(-c7ccccc7)[nH]c6c5)cc4)nc3)CC2)CC1. The van der Waals surface area contributed by atoms with Gasteiger partial charge in [-0.15, -0.1) is 0 Å². The van der Waals surface area contributed by atoms with Crippen LogP contribution in [-0.2, 0) is 11.3 Å². The molecule has 0 aliphatic heterocycles. The molecule has 2 aromatic heterocycles. The summed E-state index contributed by atoms with van der Waals surface area (Å²) < 4.78 is 0. The number of allylic oxidation sites excluding steroid dienone is 2. The number of aromatic nitrogens is 4. The van der Waals surface area contributed by atoms with E-state index in [0.29, 0.717) is 22.7 Å². The van der Waals surface area contributed by atoms with Crippen LogP contribution in [0.15, 0.2) is 91.3 Å². The first-order valence-electron chi connectivity index (χ1n) is 17.6. The Morgan fingerprint density at radius 3 is 2.29 bits per heavy atom. The normalized spacial score (nSPS) is 19.4. The molecule has 2 N–H and O–H groups in total. The standard InChI is InChI=1S/C41H43N5O3/c1-2-27-8-12-29(13-9-27)30-16-18-31(19-17-30)35-23-42-39(43-24-35)33-14-10-28(11-15-33)25-46(26-38(47)48)41(49)34-20-21-36-37(22-34)45-40(44-36)32-6-4-3-5-7-32/h3-7,10-11,14-15,18,20-24,27,29-30H,2,8-9,12-13,16-17,19,25-26H2,1H3,(H,44,45)(H,47,48). The molecule has 0 bridgehead atoms. The number of hydrogen-bond acceptors (Lipinski definition) is 5. The number of aliphatic carboxylic acids is 1. The largest absolute Gasteiger partial charge is 0.480 e. The van der Waals surface area contributed by atoms with Crippen LogP contribution in [0.1, 0.15) is 79.8 Å². The number of rotatable bonds is 10. The van der Waals surface area contributed by atoms with Crippen molar-refractivity contribution in [1.82, 2.24) is 24.8 Å². The molecular formula is C41H43N5O3. The van der Waals surface area contributed by atoms with Gasteiger partial charge in [-0.1, -0.05) is 86.9 Å². The molecule has 7 rings (SSSR count). The molecule has 1 saturated carbocycles. The molecule has 0 saturated heterocycles. The molecule has 8 heteroatoms. The maximum atomic E-state index is 13.6. The molecule has 2 aliphatic rings. The van der Waals surface area contributed by atoms with Gasteiger partial charge in [0.2, 0.25) is 0 Å². The fourth-order valence-electron chi connectivity index (χ4n) is 7.66. The Morgan fingerprint density at radius 2 is 1.61 bits per heavy atom. The minimum atomic E-state index is -1.07. The molecule has 49 heavy (non-hydrogen) atoms. The first kappa shape index (κ1) is 32.4. The molecule has 3 aromatic carbocycles. The highest BCUT2D eigenvalue weighted by atomic mass is 16.4. The van der Waals surface area contributed by atoms with Gasteiger partial charge in [0.25, 0.3) is 5.91 Å². The van der Waals surface area contributed by atoms with Crippen LogP contribution in [0, 0.1) is 17.8 Å². The maximum Gasteiger partial charge on any atom is 0.323 e. The summed E-state index contributed by atoms with van der Waals surface area (Å²) >= 11 is 0. The lowest BCUT2D eigenvalue weighted by Gasteiger charge is -2.35. The van der Waals surface area contributed by atoms with E-state index in [0.717, 1.165) is 58.4 Å². The van der Waals surface area contributed by atoms with Crippen LogP contribution in [0.4, 0.5) is 0 Å². The number of hydrogen-bond donors (Lipinski definition) is 2. The zero-order valence-corrected chi connectivity index (χ0v) is 28.0. The summed E-state index contributed by atoms with van der Waals surface area (Å²) in [6.07, 6.45) is 16.7. The fourth-order valence-corrected chi connectivity index (χ4v) is 7.66. The fraction of sp³-hybridized carbons (Fsp3) is 0.341. The third kappa shape index (κ3) is 7.48. The van der Waals surface area contributed by atoms with E-state index in [-0.39, 0.29) is 12.5 Å². The van der Waals surface area contributed by atoms with Crippen molar-refractivity contribution in [3.05, 3.63) is 108 Å². The van der Waals surface area contributed by atoms with E-state index in [1.54, 1.807) is 18.2 Å². The number of nitrogens with one attached hydrogen (secondary N) is 1. The van der Waals surface area contributed by atoms with E-state index in [4.69, 9.17) is 9.97 Å². The smallest absolute Gasteiger partial charge is 0.323 e. The minimum absolute atomic E-state index is 0.149. The Balaban J connectivity index is 0.996. The van der Waals surface area contributed by atoms with Crippen LogP contribution >= 0.6 is 0 Å². The summed E-state index contributed by atoms with van der Waals surface area (Å²) in [5.41, 5.74) is 6.91. The summed E-state index contributed by atoms with van der Waals surface area (Å²) in [5.74, 6) is 2.55. The van der Waals surface area contributed by atoms with Gasteiger partial charge < -0.3 is 15.0 Å². The second-order valence-corrected chi connectivity index (χ2v) is 13.7. The number of imidazole rings is 1. The molecule has 1 amide bonds. The zero-order chi connectivity index (χ0) is 33.7. The van der Waals surface area contributed by atoms with E-state index in [1.807, 2.05) is 67.0 Å². The number of H-pyrrole nitrogens is 1. The molecule has 1 atom stereocenters. The third-order valence-corrected chi connectivity index (χ3v) is 10.6. The van der Waals surface area contributed by atoms with E-state index in [2.05, 4.69) is 23.0 Å². The molecule has 2 heterocycles. The minimum Gasteiger partial charge on any atom is -0.480 e. The third-order valence-electron chi connectivity index (χ3n) is 10.6. The molecule has 250 valence electrons. The van der Waals surface area contributed by atoms with Crippen molar-refractivity contribution in [2.45, 2.75) is 64.8 Å². The van der Waals surface area contributed by atoms with Crippen LogP contribution in [-0.4, -0.2) is 48.4 Å². The van der Waals surface area contributed by atoms with Gasteiger partial charge in [-0.25, -0.2) is 15.0 Å². The van der Waals surface area contributed by atoms with E-state index in [9.17, 15) is 14.7 Å². The average Bonchev–Trinajstić information content (AvgIpc) is 3.59. The number of benzene rings is 3. The number of fused-ring (bicyclic) bond motifs is 1. The Labute approximate surface area is 287 Å². The highest BCUT2D eigenvalue weighted by molar-refractivity contribution is 5.99. The van der Waals surface area contributed by atoms with Crippen LogP contribution < -0.4 is 0 Å². The highest BCUT2D eigenvalue weighted by Crippen LogP contribution is 2.41. The predicted molar refractivity (Wildman–Crippen MR) is 192 cm³/mol. The number of carbonyl (C=O) groups is 2. The lowest BCUT2D eigenvalue weighted by Crippen LogP contribution is -2.35. The van der Waals surface area contributed by atoms with Gasteiger partial charge in [-0.3, -0.25) is 9.59 Å². The van der Waals surface area contributed by atoms with Crippen molar-refractivity contribution in [2.24, 2.45) is 17.8 Å². The van der Waals surface area contributed by atoms with Gasteiger partial charge in [0.1, 0.15) is 12.4 Å². The first-order valence-corrected chi connectivity index (χ1v) is 17.6. The lowest BCUT2D eigenvalue weighted by atomic mass is 9.71. The molecular weight excluding hydrogens is 610 g/mol. The van der Waals surface area contributed by atoms with Crippen LogP contribution in [0.3, 0.4) is 0 Å². The number of nitrogens with zero attached hydrogens (tertiary/aromatic N) is 4. The van der Waals surface area contributed by atoms with Crippen LogP contribution in [0.25, 0.3) is 39.4 Å². The molecule has 0 spiro atoms. The summed E-state index contributed by atoms with van der Waals surface area (Å²) in [6.45, 7) is 2.06. The molecule has 2 aliphatic carbocycles. The summed E-state index contributed by atoms with van der Waals surface area (Å²) in [5, 5.41) is 9.63. The van der Waals surface area contributed by atoms with Gasteiger partial charge in [-0.05, 0) is 79.2 Å². The molecule has 1 fully saturated rings. The number of aromatic amines is 1. The van der Waals surface area contributed by atoms with Crippen LogP contribution in [0.2, 0.25) is 0 Å². The summed E-state index contributed by atoms with van der Waals surface area (Å²) in [7, 11) is 0. The maximum absolute atomic E-state index is 13.6. The Hall–Kier alpha value is -5.11. The molecule has 0 radical (unpaired) electrons. The van der Waals surface area contributed by atoms with Crippen molar-refractivity contribution in [2.75, 3.05) is 6.54 Å². The van der Waals surface area contributed by atoms with Crippen molar-refractivity contribution in [3.8, 4) is 22.8 Å². The predicted octanol–water partition coefficient (Wildman–Crippen LogP) is 8.81. The van der Waals surface area contributed by atoms with Crippen molar-refractivity contribution >= 4 is 28.5 Å². The van der Waals surface area contributed by atoms with Gasteiger partial charge in [0, 0.05) is 41.2 Å². The molecule has 8 nitrogen and oxygen atoms in total. The van der Waals surface area contributed by atoms with Crippen molar-refractivity contribution in [3.63, 3.8) is 0 Å². The summed E-state index contributed by atoms with van der Waals surface area (Å²) in [6, 6.07) is 22.6. The highest BCUT2D eigenvalue weighted by Gasteiger charge is 2.28. The van der Waals surface area contributed by atoms with Crippen molar-refractivity contribution < 1.29 is 14.7 Å². The van der Waals surface area contributed by atoms with Crippen molar-refractivity contribution in [1.29, 1.82) is 0 Å². The number of carboxylic acids is 1. The molecule has 5 aromatic rings. The van der Waals surface area contributed by atoms with E-state index in [1.165, 1.54) is 49.0 Å². The van der Waals surface area contributed by atoms with Gasteiger partial charge >= 0.3 is 5.97 Å². The Kier molecular flexibility index (Phi) is 9.64. The monoisotopic (exact) mass is 653 g/mol. The number of carboxylic acid groups (broad SMARTS) is 1. The Morgan fingerprint density at radius 1 is 0.857 bits per heavy atom. The topological polar surface area (TPSA) is 112 Å². The Bertz CT molecular complexity index is 1940. The second kappa shape index (κ2) is 14.6. The number of carbonyl (C=O) groups excluding carboxylic acids is 1. The second-order valence-electron chi connectivity index (χ2n) is 13.7. The summed E-state index contributed by atoms with van der Waals surface area (Å²) in [4.78, 5) is 44.0. The van der Waals surface area contributed by atoms with E-state index >= 15 is 0 Å². The number of amides is 1.